The molecule has 1 rings (SSSR count). The summed E-state index contributed by atoms with van der Waals surface area (Å²) in [4.78, 5) is 0. The first kappa shape index (κ1) is 14.7. The number of aliphatic hydroxyl groups is 1. The lowest BCUT2D eigenvalue weighted by Gasteiger charge is -2.34. The number of hydrogen-bond donors (Lipinski definition) is 1. The van der Waals surface area contributed by atoms with E-state index in [9.17, 15) is 5.11 Å². The number of rotatable bonds is 5. The Balaban J connectivity index is 2.96. The van der Waals surface area contributed by atoms with E-state index in [1.807, 2.05) is 0 Å². The minimum absolute atomic E-state index is 0.135. The molecule has 0 radical (unpaired) electrons. The van der Waals surface area contributed by atoms with E-state index in [-0.39, 0.29) is 18.1 Å². The smallest absolute Gasteiger partial charge is 0.140 e. The number of aliphatic hydroxyl groups excluding tert-OH is 1. The summed E-state index contributed by atoms with van der Waals surface area (Å²) in [6.45, 7) is 12.2. The molecule has 1 fully saturated rings. The Labute approximate surface area is 105 Å². The molecule has 17 heavy (non-hydrogen) atoms. The Bertz CT molecular complexity index is 262. The molecular formula is C14H26O3. The summed E-state index contributed by atoms with van der Waals surface area (Å²) in [6.07, 6.45) is 1.59. The zero-order valence-electron chi connectivity index (χ0n) is 11.6. The molecule has 3 heteroatoms. The average molecular weight is 242 g/mol. The average Bonchev–Trinajstić information content (AvgIpc) is 2.53. The maximum Gasteiger partial charge on any atom is 0.140 e. The van der Waals surface area contributed by atoms with Gasteiger partial charge in [0.2, 0.25) is 0 Å². The molecule has 3 nitrogen and oxygen atoms in total. The van der Waals surface area contributed by atoms with Gasteiger partial charge in [-0.25, -0.2) is 0 Å². The summed E-state index contributed by atoms with van der Waals surface area (Å²) in [5.41, 5.74) is -0.770. The van der Waals surface area contributed by atoms with Crippen molar-refractivity contribution >= 4 is 0 Å². The largest absolute Gasteiger partial charge is 0.387 e. The van der Waals surface area contributed by atoms with Crippen LogP contribution in [0.4, 0.5) is 0 Å². The van der Waals surface area contributed by atoms with Crippen LogP contribution in [0.1, 0.15) is 34.1 Å². The molecular weight excluding hydrogens is 216 g/mol. The zero-order chi connectivity index (χ0) is 13.2. The van der Waals surface area contributed by atoms with Gasteiger partial charge in [-0.15, -0.1) is 6.58 Å². The van der Waals surface area contributed by atoms with Crippen LogP contribution in [0.25, 0.3) is 0 Å². The van der Waals surface area contributed by atoms with Crippen LogP contribution in [0.3, 0.4) is 0 Å². The van der Waals surface area contributed by atoms with E-state index in [0.29, 0.717) is 5.92 Å². The number of hydrogen-bond acceptors (Lipinski definition) is 3. The third-order valence-electron chi connectivity index (χ3n) is 3.56. The van der Waals surface area contributed by atoms with Gasteiger partial charge < -0.3 is 14.6 Å². The molecule has 0 amide bonds. The van der Waals surface area contributed by atoms with E-state index in [1.54, 1.807) is 13.2 Å². The van der Waals surface area contributed by atoms with Crippen molar-refractivity contribution in [1.29, 1.82) is 0 Å². The molecule has 1 aliphatic heterocycles. The van der Waals surface area contributed by atoms with Gasteiger partial charge >= 0.3 is 0 Å². The highest BCUT2D eigenvalue weighted by Gasteiger charge is 2.55. The minimum Gasteiger partial charge on any atom is -0.387 e. The summed E-state index contributed by atoms with van der Waals surface area (Å²) in [5.74, 6) is 0.764. The Morgan fingerprint density at radius 1 is 1.41 bits per heavy atom. The van der Waals surface area contributed by atoms with Crippen molar-refractivity contribution in [3.8, 4) is 0 Å². The molecule has 0 aromatic carbocycles. The fourth-order valence-corrected chi connectivity index (χ4v) is 2.71. The van der Waals surface area contributed by atoms with E-state index in [0.717, 1.165) is 6.42 Å². The standard InChI is InChI=1S/C14H26O3/c1-7-14(16-6)12(15)11(8-9(2)3)17-13(14)10(4)5/h7,9-13,15H,1,8H2,2-6H3/t11-,12-,13+,14-/m1/s1. The Hall–Kier alpha value is -0.380. The van der Waals surface area contributed by atoms with Gasteiger partial charge in [0.05, 0.1) is 12.2 Å². The molecule has 0 spiro atoms. The van der Waals surface area contributed by atoms with Crippen molar-refractivity contribution in [1.82, 2.24) is 0 Å². The fourth-order valence-electron chi connectivity index (χ4n) is 2.71. The van der Waals surface area contributed by atoms with Crippen LogP contribution >= 0.6 is 0 Å². The summed E-state index contributed by atoms with van der Waals surface area (Å²) in [5, 5.41) is 10.4. The SMILES string of the molecule is C=C[C@@]1(OC)[C@H](O)[C@@H](CC(C)C)O[C@H]1C(C)C. The summed E-state index contributed by atoms with van der Waals surface area (Å²) in [6, 6.07) is 0. The molecule has 1 heterocycles. The van der Waals surface area contributed by atoms with Gasteiger partial charge in [0, 0.05) is 7.11 Å². The maximum atomic E-state index is 10.4. The number of methoxy groups -OCH3 is 1. The normalized spacial score (nSPS) is 38.0. The molecule has 0 bridgehead atoms. The van der Waals surface area contributed by atoms with Gasteiger partial charge in [0.1, 0.15) is 11.7 Å². The quantitative estimate of drug-likeness (QED) is 0.752. The third kappa shape index (κ3) is 2.56. The van der Waals surface area contributed by atoms with Crippen molar-refractivity contribution in [2.45, 2.75) is 58.0 Å². The lowest BCUT2D eigenvalue weighted by atomic mass is 9.84. The molecule has 0 aromatic heterocycles. The maximum absolute atomic E-state index is 10.4. The molecule has 0 aromatic rings. The molecule has 4 atom stereocenters. The molecule has 0 unspecified atom stereocenters. The third-order valence-corrected chi connectivity index (χ3v) is 3.56. The molecule has 0 saturated carbocycles. The summed E-state index contributed by atoms with van der Waals surface area (Å²) < 4.78 is 11.6. The highest BCUT2D eigenvalue weighted by molar-refractivity contribution is 5.15. The monoisotopic (exact) mass is 242 g/mol. The first-order chi connectivity index (χ1) is 7.89. The molecule has 100 valence electrons. The Morgan fingerprint density at radius 3 is 2.29 bits per heavy atom. The van der Waals surface area contributed by atoms with Gasteiger partial charge in [-0.3, -0.25) is 0 Å². The Kier molecular flexibility index (Phi) is 4.76. The highest BCUT2D eigenvalue weighted by Crippen LogP contribution is 2.40. The van der Waals surface area contributed by atoms with Crippen molar-refractivity contribution in [3.05, 3.63) is 12.7 Å². The minimum atomic E-state index is -0.770. The van der Waals surface area contributed by atoms with Crippen LogP contribution in [0.2, 0.25) is 0 Å². The van der Waals surface area contributed by atoms with E-state index in [4.69, 9.17) is 9.47 Å². The van der Waals surface area contributed by atoms with Gasteiger partial charge in [-0.2, -0.15) is 0 Å². The molecule has 1 aliphatic rings. The van der Waals surface area contributed by atoms with E-state index in [1.165, 1.54) is 0 Å². The zero-order valence-corrected chi connectivity index (χ0v) is 11.6. The Morgan fingerprint density at radius 2 is 2.00 bits per heavy atom. The van der Waals surface area contributed by atoms with E-state index < -0.39 is 11.7 Å². The van der Waals surface area contributed by atoms with Crippen molar-refractivity contribution in [2.75, 3.05) is 7.11 Å². The summed E-state index contributed by atoms with van der Waals surface area (Å²) in [7, 11) is 1.61. The fraction of sp³-hybridized carbons (Fsp3) is 0.857. The highest BCUT2D eigenvalue weighted by atomic mass is 16.6. The summed E-state index contributed by atoms with van der Waals surface area (Å²) >= 11 is 0. The van der Waals surface area contributed by atoms with Gasteiger partial charge in [-0.05, 0) is 18.3 Å². The second-order valence-corrected chi connectivity index (χ2v) is 5.68. The molecule has 0 aliphatic carbocycles. The van der Waals surface area contributed by atoms with Gasteiger partial charge in [0.25, 0.3) is 0 Å². The van der Waals surface area contributed by atoms with Crippen LogP contribution in [-0.4, -0.2) is 36.1 Å². The topological polar surface area (TPSA) is 38.7 Å². The second-order valence-electron chi connectivity index (χ2n) is 5.68. The van der Waals surface area contributed by atoms with Gasteiger partial charge in [0.15, 0.2) is 0 Å². The molecule has 1 saturated heterocycles. The van der Waals surface area contributed by atoms with Crippen molar-refractivity contribution in [2.24, 2.45) is 11.8 Å². The van der Waals surface area contributed by atoms with Crippen LogP contribution < -0.4 is 0 Å². The second kappa shape index (κ2) is 5.51. The van der Waals surface area contributed by atoms with Gasteiger partial charge in [-0.1, -0.05) is 33.8 Å². The van der Waals surface area contributed by atoms with Crippen LogP contribution in [0.15, 0.2) is 12.7 Å². The number of ether oxygens (including phenoxy) is 2. The molecule has 1 N–H and O–H groups in total. The van der Waals surface area contributed by atoms with E-state index >= 15 is 0 Å². The van der Waals surface area contributed by atoms with Crippen LogP contribution in [-0.2, 0) is 9.47 Å². The predicted molar refractivity (Wildman–Crippen MR) is 68.9 cm³/mol. The first-order valence-corrected chi connectivity index (χ1v) is 6.41. The van der Waals surface area contributed by atoms with Crippen molar-refractivity contribution < 1.29 is 14.6 Å². The first-order valence-electron chi connectivity index (χ1n) is 6.41. The van der Waals surface area contributed by atoms with Crippen LogP contribution in [0, 0.1) is 11.8 Å². The van der Waals surface area contributed by atoms with Crippen molar-refractivity contribution in [3.63, 3.8) is 0 Å². The lowest BCUT2D eigenvalue weighted by molar-refractivity contribution is -0.0845. The lowest BCUT2D eigenvalue weighted by Crippen LogP contribution is -2.49. The predicted octanol–water partition coefficient (Wildman–Crippen LogP) is 2.39. The van der Waals surface area contributed by atoms with Crippen LogP contribution in [0.5, 0.6) is 0 Å². The van der Waals surface area contributed by atoms with E-state index in [2.05, 4.69) is 34.3 Å².